The quantitative estimate of drug-likeness (QED) is 0.611. The predicted molar refractivity (Wildman–Crippen MR) is 87.2 cm³/mol. The molecular weight excluding hydrogens is 296 g/mol. The predicted octanol–water partition coefficient (Wildman–Crippen LogP) is 1.27. The number of anilines is 1. The van der Waals surface area contributed by atoms with Crippen molar-refractivity contribution in [1.29, 1.82) is 0 Å². The number of nitrogens with zero attached hydrogens (tertiary/aromatic N) is 4. The fraction of sp³-hybridized carbons (Fsp3) is 0.533. The number of aromatic nitrogens is 4. The zero-order valence-corrected chi connectivity index (χ0v) is 13.7. The molecule has 1 aliphatic rings. The average Bonchev–Trinajstić information content (AvgIpc) is 3.11. The number of nitrogens with two attached hydrogens (primary N) is 1. The van der Waals surface area contributed by atoms with Gasteiger partial charge in [0.2, 0.25) is 5.76 Å². The zero-order chi connectivity index (χ0) is 16.4. The lowest BCUT2D eigenvalue weighted by molar-refractivity contribution is -0.209. The van der Waals surface area contributed by atoms with E-state index in [4.69, 9.17) is 15.5 Å². The van der Waals surface area contributed by atoms with Gasteiger partial charge in [-0.15, -0.1) is 0 Å². The smallest absolute Gasteiger partial charge is 0.206 e. The Morgan fingerprint density at radius 1 is 1.35 bits per heavy atom. The number of nitrogen functional groups attached to an aromatic ring is 1. The molecule has 0 atom stereocenters. The maximum Gasteiger partial charge on any atom is 0.206 e. The lowest BCUT2D eigenvalue weighted by Gasteiger charge is -2.11. The number of rotatable bonds is 6. The Morgan fingerprint density at radius 2 is 2.17 bits per heavy atom. The van der Waals surface area contributed by atoms with Crippen LogP contribution >= 0.6 is 0 Å². The molecule has 0 radical (unpaired) electrons. The van der Waals surface area contributed by atoms with Crippen molar-refractivity contribution in [2.45, 2.75) is 27.3 Å². The molecule has 0 unspecified atom stereocenters. The largest absolute Gasteiger partial charge is 0.382 e. The molecule has 0 saturated heterocycles. The molecule has 0 saturated carbocycles. The molecular formula is C15H22N6O2. The summed E-state index contributed by atoms with van der Waals surface area (Å²) in [5.41, 5.74) is 7.30. The third kappa shape index (κ3) is 3.27. The van der Waals surface area contributed by atoms with Gasteiger partial charge in [-0.25, -0.2) is 15.0 Å². The summed E-state index contributed by atoms with van der Waals surface area (Å²) >= 11 is 0. The summed E-state index contributed by atoms with van der Waals surface area (Å²) in [6.07, 6.45) is 1.84. The SMILES string of the molecule is Cc1nc(N)c2nc(C3=CCOO3)n(CCNCC(C)C)c2n1. The molecule has 8 nitrogen and oxygen atoms in total. The van der Waals surface area contributed by atoms with Gasteiger partial charge in [-0.1, -0.05) is 13.8 Å². The Hall–Kier alpha value is -2.19. The summed E-state index contributed by atoms with van der Waals surface area (Å²) in [6, 6.07) is 0. The number of hydrogen-bond donors (Lipinski definition) is 2. The Morgan fingerprint density at radius 3 is 2.87 bits per heavy atom. The first-order valence-electron chi connectivity index (χ1n) is 7.77. The van der Waals surface area contributed by atoms with Crippen molar-refractivity contribution in [3.05, 3.63) is 17.7 Å². The van der Waals surface area contributed by atoms with Crippen molar-refractivity contribution in [3.8, 4) is 0 Å². The van der Waals surface area contributed by atoms with Crippen LogP contribution in [0.4, 0.5) is 5.82 Å². The Kier molecular flexibility index (Phi) is 4.44. The molecule has 0 spiro atoms. The van der Waals surface area contributed by atoms with Crippen molar-refractivity contribution in [3.63, 3.8) is 0 Å². The van der Waals surface area contributed by atoms with E-state index in [1.54, 1.807) is 0 Å². The summed E-state index contributed by atoms with van der Waals surface area (Å²) in [7, 11) is 0. The average molecular weight is 318 g/mol. The Labute approximate surface area is 134 Å². The molecule has 23 heavy (non-hydrogen) atoms. The molecule has 2 aromatic heterocycles. The highest BCUT2D eigenvalue weighted by molar-refractivity contribution is 5.84. The number of fused-ring (bicyclic) bond motifs is 1. The van der Waals surface area contributed by atoms with Crippen molar-refractivity contribution in [2.75, 3.05) is 25.4 Å². The van der Waals surface area contributed by atoms with Crippen LogP contribution in [0.1, 0.15) is 25.5 Å². The summed E-state index contributed by atoms with van der Waals surface area (Å²) in [4.78, 5) is 23.4. The van der Waals surface area contributed by atoms with E-state index in [9.17, 15) is 0 Å². The van der Waals surface area contributed by atoms with Gasteiger partial charge in [-0.2, -0.15) is 4.89 Å². The molecule has 0 fully saturated rings. The van der Waals surface area contributed by atoms with Gasteiger partial charge >= 0.3 is 0 Å². The molecule has 3 heterocycles. The minimum atomic E-state index is 0.377. The number of aryl methyl sites for hydroxylation is 1. The van der Waals surface area contributed by atoms with Crippen LogP contribution < -0.4 is 11.1 Å². The van der Waals surface area contributed by atoms with E-state index in [1.165, 1.54) is 0 Å². The first-order chi connectivity index (χ1) is 11.1. The van der Waals surface area contributed by atoms with Crippen LogP contribution in [0.5, 0.6) is 0 Å². The maximum atomic E-state index is 6.00. The highest BCUT2D eigenvalue weighted by Crippen LogP contribution is 2.26. The van der Waals surface area contributed by atoms with Crippen LogP contribution in [0.2, 0.25) is 0 Å². The molecule has 8 heteroatoms. The lowest BCUT2D eigenvalue weighted by atomic mass is 10.2. The van der Waals surface area contributed by atoms with Crippen molar-refractivity contribution in [1.82, 2.24) is 24.8 Å². The van der Waals surface area contributed by atoms with E-state index in [0.717, 1.165) is 13.1 Å². The van der Waals surface area contributed by atoms with E-state index in [-0.39, 0.29) is 0 Å². The summed E-state index contributed by atoms with van der Waals surface area (Å²) in [6.45, 7) is 9.04. The monoisotopic (exact) mass is 318 g/mol. The van der Waals surface area contributed by atoms with Gasteiger partial charge in [0.15, 0.2) is 22.8 Å². The van der Waals surface area contributed by atoms with E-state index < -0.39 is 0 Å². The molecule has 0 amide bonds. The standard InChI is InChI=1S/C15H22N6O2/c1-9(2)8-17-5-6-21-14(11-4-7-22-23-11)20-12-13(16)18-10(3)19-15(12)21/h4,9,17H,5-8H2,1-3H3,(H2,16,18,19). The van der Waals surface area contributed by atoms with Gasteiger partial charge in [0.25, 0.3) is 0 Å². The fourth-order valence-corrected chi connectivity index (χ4v) is 2.49. The van der Waals surface area contributed by atoms with E-state index in [0.29, 0.717) is 53.5 Å². The van der Waals surface area contributed by atoms with Crippen molar-refractivity contribution in [2.24, 2.45) is 5.92 Å². The highest BCUT2D eigenvalue weighted by atomic mass is 17.2. The van der Waals surface area contributed by atoms with Crippen LogP contribution in [-0.4, -0.2) is 39.2 Å². The second-order valence-electron chi connectivity index (χ2n) is 5.95. The van der Waals surface area contributed by atoms with Crippen LogP contribution in [0.15, 0.2) is 6.08 Å². The molecule has 0 aliphatic carbocycles. The van der Waals surface area contributed by atoms with Gasteiger partial charge in [-0.3, -0.25) is 0 Å². The molecule has 2 aromatic rings. The van der Waals surface area contributed by atoms with Crippen LogP contribution in [-0.2, 0) is 16.3 Å². The minimum absolute atomic E-state index is 0.377. The first-order valence-corrected chi connectivity index (χ1v) is 7.77. The molecule has 1 aliphatic heterocycles. The molecule has 3 rings (SSSR count). The van der Waals surface area contributed by atoms with Crippen molar-refractivity contribution >= 4 is 22.7 Å². The summed E-state index contributed by atoms with van der Waals surface area (Å²) in [5, 5.41) is 3.42. The normalized spacial score (nSPS) is 14.5. The maximum absolute atomic E-state index is 6.00. The van der Waals surface area contributed by atoms with Gasteiger partial charge in [0, 0.05) is 13.1 Å². The fourth-order valence-electron chi connectivity index (χ4n) is 2.49. The van der Waals surface area contributed by atoms with E-state index in [2.05, 4.69) is 34.1 Å². The Bertz CT molecular complexity index is 737. The number of hydrogen-bond acceptors (Lipinski definition) is 7. The number of imidazole rings is 1. The van der Waals surface area contributed by atoms with Crippen LogP contribution in [0, 0.1) is 12.8 Å². The second kappa shape index (κ2) is 6.51. The highest BCUT2D eigenvalue weighted by Gasteiger charge is 2.22. The third-order valence-corrected chi connectivity index (χ3v) is 3.50. The van der Waals surface area contributed by atoms with Crippen LogP contribution in [0.25, 0.3) is 16.9 Å². The van der Waals surface area contributed by atoms with Gasteiger partial charge in [0.05, 0.1) is 0 Å². The zero-order valence-electron chi connectivity index (χ0n) is 13.7. The lowest BCUT2D eigenvalue weighted by Crippen LogP contribution is -2.24. The molecule has 124 valence electrons. The van der Waals surface area contributed by atoms with Crippen molar-refractivity contribution < 1.29 is 9.78 Å². The molecule has 0 bridgehead atoms. The second-order valence-corrected chi connectivity index (χ2v) is 5.95. The topological polar surface area (TPSA) is 100 Å². The summed E-state index contributed by atoms with van der Waals surface area (Å²) in [5.74, 6) is 2.85. The van der Waals surface area contributed by atoms with Gasteiger partial charge in [0.1, 0.15) is 12.4 Å². The summed E-state index contributed by atoms with van der Waals surface area (Å²) < 4.78 is 1.99. The van der Waals surface area contributed by atoms with E-state index in [1.807, 2.05) is 17.6 Å². The molecule has 3 N–H and O–H groups in total. The Balaban J connectivity index is 1.96. The molecule has 0 aromatic carbocycles. The van der Waals surface area contributed by atoms with Gasteiger partial charge < -0.3 is 20.5 Å². The third-order valence-electron chi connectivity index (χ3n) is 3.50. The van der Waals surface area contributed by atoms with E-state index >= 15 is 0 Å². The first kappa shape index (κ1) is 15.7. The minimum Gasteiger partial charge on any atom is -0.382 e. The number of nitrogens with one attached hydrogen (secondary N) is 1. The van der Waals surface area contributed by atoms with Gasteiger partial charge in [-0.05, 0) is 25.5 Å². The van der Waals surface area contributed by atoms with Crippen LogP contribution in [0.3, 0.4) is 0 Å².